The molecule has 0 saturated carbocycles. The highest BCUT2D eigenvalue weighted by Gasteiger charge is 2.09. The molecule has 0 aromatic carbocycles. The number of rotatable bonds is 5. The van der Waals surface area contributed by atoms with Crippen molar-refractivity contribution in [3.63, 3.8) is 0 Å². The predicted molar refractivity (Wildman–Crippen MR) is 67.5 cm³/mol. The summed E-state index contributed by atoms with van der Waals surface area (Å²) in [7, 11) is 0. The maximum atomic E-state index is 11.7. The third-order valence-corrected chi connectivity index (χ3v) is 2.83. The standard InChI is InChI=1S/C10H16IN3O/c1-3-13(4-2)10(15)5-6-14-8-9(11)7-12-14/h7-8H,3-6H2,1-2H3. The molecule has 0 aliphatic rings. The number of hydrogen-bond donors (Lipinski definition) is 0. The van der Waals surface area contributed by atoms with E-state index in [-0.39, 0.29) is 5.91 Å². The lowest BCUT2D eigenvalue weighted by molar-refractivity contribution is -0.131. The molecule has 4 nitrogen and oxygen atoms in total. The van der Waals surface area contributed by atoms with Gasteiger partial charge in [0.15, 0.2) is 0 Å². The van der Waals surface area contributed by atoms with Gasteiger partial charge in [-0.3, -0.25) is 9.48 Å². The van der Waals surface area contributed by atoms with Gasteiger partial charge in [-0.2, -0.15) is 5.10 Å². The van der Waals surface area contributed by atoms with E-state index in [1.54, 1.807) is 6.20 Å². The minimum atomic E-state index is 0.200. The molecule has 0 radical (unpaired) electrons. The molecule has 15 heavy (non-hydrogen) atoms. The van der Waals surface area contributed by atoms with Gasteiger partial charge in [0.05, 0.1) is 9.77 Å². The lowest BCUT2D eigenvalue weighted by Crippen LogP contribution is -2.31. The molecule has 84 valence electrons. The quantitative estimate of drug-likeness (QED) is 0.775. The fourth-order valence-corrected chi connectivity index (χ4v) is 1.85. The third-order valence-electron chi connectivity index (χ3n) is 2.27. The molecule has 1 amide bonds. The zero-order valence-corrected chi connectivity index (χ0v) is 11.3. The maximum absolute atomic E-state index is 11.7. The number of aryl methyl sites for hydroxylation is 1. The number of carbonyl (C=O) groups is 1. The van der Waals surface area contributed by atoms with E-state index in [0.29, 0.717) is 13.0 Å². The number of carbonyl (C=O) groups excluding carboxylic acids is 1. The van der Waals surface area contributed by atoms with Crippen molar-refractivity contribution in [2.24, 2.45) is 0 Å². The molecule has 0 saturated heterocycles. The number of nitrogens with zero attached hydrogens (tertiary/aromatic N) is 3. The van der Waals surface area contributed by atoms with Crippen molar-refractivity contribution in [2.75, 3.05) is 13.1 Å². The van der Waals surface area contributed by atoms with E-state index in [1.165, 1.54) is 0 Å². The van der Waals surface area contributed by atoms with Crippen LogP contribution in [0.4, 0.5) is 0 Å². The summed E-state index contributed by atoms with van der Waals surface area (Å²) < 4.78 is 2.91. The van der Waals surface area contributed by atoms with Crippen LogP contribution in [0.15, 0.2) is 12.4 Å². The van der Waals surface area contributed by atoms with Gasteiger partial charge < -0.3 is 4.90 Å². The Balaban J connectivity index is 2.40. The lowest BCUT2D eigenvalue weighted by atomic mass is 10.3. The Morgan fingerprint density at radius 2 is 2.20 bits per heavy atom. The van der Waals surface area contributed by atoms with Gasteiger partial charge in [-0.1, -0.05) is 0 Å². The normalized spacial score (nSPS) is 10.3. The van der Waals surface area contributed by atoms with Gasteiger partial charge in [-0.25, -0.2) is 0 Å². The van der Waals surface area contributed by atoms with Crippen LogP contribution in [0.3, 0.4) is 0 Å². The monoisotopic (exact) mass is 321 g/mol. The fourth-order valence-electron chi connectivity index (χ4n) is 1.41. The predicted octanol–water partition coefficient (Wildman–Crippen LogP) is 1.75. The summed E-state index contributed by atoms with van der Waals surface area (Å²) in [5.41, 5.74) is 0. The summed E-state index contributed by atoms with van der Waals surface area (Å²) in [6.45, 7) is 6.23. The number of hydrogen-bond acceptors (Lipinski definition) is 2. The van der Waals surface area contributed by atoms with Crippen LogP contribution in [0, 0.1) is 3.57 Å². The van der Waals surface area contributed by atoms with Gasteiger partial charge >= 0.3 is 0 Å². The zero-order chi connectivity index (χ0) is 11.3. The van der Waals surface area contributed by atoms with Crippen molar-refractivity contribution >= 4 is 28.5 Å². The van der Waals surface area contributed by atoms with Crippen LogP contribution in [0.2, 0.25) is 0 Å². The molecule has 0 unspecified atom stereocenters. The molecule has 0 fully saturated rings. The van der Waals surface area contributed by atoms with Crippen molar-refractivity contribution in [1.29, 1.82) is 0 Å². The molecule has 5 heteroatoms. The van der Waals surface area contributed by atoms with Gasteiger partial charge in [0.2, 0.25) is 5.91 Å². The summed E-state index contributed by atoms with van der Waals surface area (Å²) in [6.07, 6.45) is 4.26. The molecule has 1 aromatic rings. The van der Waals surface area contributed by atoms with Crippen molar-refractivity contribution < 1.29 is 4.79 Å². The first-order chi connectivity index (χ1) is 7.17. The van der Waals surface area contributed by atoms with E-state index in [1.807, 2.05) is 29.6 Å². The number of aromatic nitrogens is 2. The molecule has 0 atom stereocenters. The van der Waals surface area contributed by atoms with Crippen molar-refractivity contribution in [2.45, 2.75) is 26.8 Å². The second-order valence-electron chi connectivity index (χ2n) is 3.24. The van der Waals surface area contributed by atoms with E-state index >= 15 is 0 Å². The largest absolute Gasteiger partial charge is 0.343 e. The highest BCUT2D eigenvalue weighted by atomic mass is 127. The minimum absolute atomic E-state index is 0.200. The van der Waals surface area contributed by atoms with Crippen LogP contribution in [0.25, 0.3) is 0 Å². The van der Waals surface area contributed by atoms with E-state index in [4.69, 9.17) is 0 Å². The van der Waals surface area contributed by atoms with E-state index in [9.17, 15) is 4.79 Å². The summed E-state index contributed by atoms with van der Waals surface area (Å²) in [5.74, 6) is 0.200. The maximum Gasteiger partial charge on any atom is 0.224 e. The summed E-state index contributed by atoms with van der Waals surface area (Å²) >= 11 is 2.21. The van der Waals surface area contributed by atoms with Crippen LogP contribution in [-0.2, 0) is 11.3 Å². The van der Waals surface area contributed by atoms with Crippen molar-refractivity contribution in [3.05, 3.63) is 16.0 Å². The Morgan fingerprint density at radius 3 is 2.67 bits per heavy atom. The van der Waals surface area contributed by atoms with Crippen LogP contribution in [0.5, 0.6) is 0 Å². The molecular formula is C10H16IN3O. The Morgan fingerprint density at radius 1 is 1.53 bits per heavy atom. The van der Waals surface area contributed by atoms with E-state index < -0.39 is 0 Å². The van der Waals surface area contributed by atoms with Crippen LogP contribution >= 0.6 is 22.6 Å². The number of amides is 1. The van der Waals surface area contributed by atoms with Crippen LogP contribution in [0.1, 0.15) is 20.3 Å². The Hall–Kier alpha value is -0.590. The highest BCUT2D eigenvalue weighted by Crippen LogP contribution is 2.02. The first kappa shape index (κ1) is 12.5. The summed E-state index contributed by atoms with van der Waals surface area (Å²) in [6, 6.07) is 0. The highest BCUT2D eigenvalue weighted by molar-refractivity contribution is 14.1. The van der Waals surface area contributed by atoms with E-state index in [2.05, 4.69) is 27.7 Å². The molecule has 0 spiro atoms. The van der Waals surface area contributed by atoms with Gasteiger partial charge in [-0.05, 0) is 36.4 Å². The van der Waals surface area contributed by atoms with Crippen molar-refractivity contribution in [3.8, 4) is 0 Å². The van der Waals surface area contributed by atoms with Crippen molar-refractivity contribution in [1.82, 2.24) is 14.7 Å². The molecule has 0 aliphatic carbocycles. The molecule has 1 aromatic heterocycles. The Bertz CT molecular complexity index is 320. The van der Waals surface area contributed by atoms with Gasteiger partial charge in [0, 0.05) is 32.3 Å². The minimum Gasteiger partial charge on any atom is -0.343 e. The van der Waals surface area contributed by atoms with Gasteiger partial charge in [-0.15, -0.1) is 0 Å². The lowest BCUT2D eigenvalue weighted by Gasteiger charge is -2.18. The van der Waals surface area contributed by atoms with Crippen LogP contribution in [-0.4, -0.2) is 33.7 Å². The zero-order valence-electron chi connectivity index (χ0n) is 9.11. The topological polar surface area (TPSA) is 38.1 Å². The molecule has 0 aliphatic heterocycles. The fraction of sp³-hybridized carbons (Fsp3) is 0.600. The molecule has 1 heterocycles. The van der Waals surface area contributed by atoms with Gasteiger partial charge in [0.1, 0.15) is 0 Å². The summed E-state index contributed by atoms with van der Waals surface area (Å²) in [4.78, 5) is 13.5. The second kappa shape index (κ2) is 6.09. The average molecular weight is 321 g/mol. The number of halogens is 1. The van der Waals surface area contributed by atoms with E-state index in [0.717, 1.165) is 16.7 Å². The molecular weight excluding hydrogens is 305 g/mol. The molecule has 0 N–H and O–H groups in total. The SMILES string of the molecule is CCN(CC)C(=O)CCn1cc(I)cn1. The Kier molecular flexibility index (Phi) is 5.07. The third kappa shape index (κ3) is 3.81. The first-order valence-electron chi connectivity index (χ1n) is 5.13. The molecule has 0 bridgehead atoms. The van der Waals surface area contributed by atoms with Crippen LogP contribution < -0.4 is 0 Å². The first-order valence-corrected chi connectivity index (χ1v) is 6.21. The Labute approximate surface area is 104 Å². The molecule has 1 rings (SSSR count). The second-order valence-corrected chi connectivity index (χ2v) is 4.48. The average Bonchev–Trinajstić information content (AvgIpc) is 2.63. The van der Waals surface area contributed by atoms with Gasteiger partial charge in [0.25, 0.3) is 0 Å². The smallest absolute Gasteiger partial charge is 0.224 e. The summed E-state index contributed by atoms with van der Waals surface area (Å²) in [5, 5.41) is 4.14.